The van der Waals surface area contributed by atoms with Gasteiger partial charge in [0.15, 0.2) is 0 Å². The fraction of sp³-hybridized carbons (Fsp3) is 0.667. The summed E-state index contributed by atoms with van der Waals surface area (Å²) in [7, 11) is 4.07. The first-order valence-corrected chi connectivity index (χ1v) is 5.15. The van der Waals surface area contributed by atoms with Crippen LogP contribution in [0.1, 0.15) is 6.42 Å². The first-order valence-electron chi connectivity index (χ1n) is 3.29. The number of hydrogen-bond donors (Lipinski definition) is 0. The lowest BCUT2D eigenvalue weighted by Crippen LogP contribution is -2.26. The fourth-order valence-corrected chi connectivity index (χ4v) is 2.46. The van der Waals surface area contributed by atoms with Gasteiger partial charge in [-0.3, -0.25) is 14.5 Å². The Labute approximate surface area is 72.1 Å². The molecule has 2 unspecified atom stereocenters. The molecule has 5 heteroatoms. The lowest BCUT2D eigenvalue weighted by atomic mass is 10.4. The second kappa shape index (κ2) is 3.55. The smallest absolute Gasteiger partial charge is 0.242 e. The Morgan fingerprint density at radius 2 is 2.36 bits per heavy atom. The highest BCUT2D eigenvalue weighted by molar-refractivity contribution is 8.03. The molecule has 2 atom stereocenters. The first-order chi connectivity index (χ1) is 5.16. The van der Waals surface area contributed by atoms with Crippen molar-refractivity contribution in [2.45, 2.75) is 11.7 Å². The van der Waals surface area contributed by atoms with Crippen LogP contribution in [-0.2, 0) is 9.59 Å². The number of amides is 2. The molecule has 0 radical (unpaired) electrons. The molecule has 0 aliphatic carbocycles. The van der Waals surface area contributed by atoms with Crippen molar-refractivity contribution in [3.05, 3.63) is 0 Å². The van der Waals surface area contributed by atoms with E-state index in [-0.39, 0.29) is 17.1 Å². The van der Waals surface area contributed by atoms with Gasteiger partial charge in [0.05, 0.1) is 5.25 Å². The lowest BCUT2D eigenvalue weighted by Gasteiger charge is -2.06. The molecule has 1 aliphatic rings. The van der Waals surface area contributed by atoms with Gasteiger partial charge in [0.1, 0.15) is 0 Å². The number of carbonyl (C=O) groups is 2. The average Bonchev–Trinajstić information content (AvgIpc) is 2.19. The molecule has 2 amide bonds. The topological polar surface area (TPSA) is 37.4 Å². The fourth-order valence-electron chi connectivity index (χ4n) is 0.968. The molecule has 0 N–H and O–H groups in total. The van der Waals surface area contributed by atoms with Crippen molar-refractivity contribution in [2.75, 3.05) is 12.5 Å². The highest BCUT2D eigenvalue weighted by Crippen LogP contribution is 2.24. The van der Waals surface area contributed by atoms with Gasteiger partial charge in [-0.15, -0.1) is 21.0 Å². The summed E-state index contributed by atoms with van der Waals surface area (Å²) in [5.41, 5.74) is 0.803. The quantitative estimate of drug-likeness (QED) is 0.465. The third kappa shape index (κ3) is 1.74. The van der Waals surface area contributed by atoms with E-state index >= 15 is 0 Å². The van der Waals surface area contributed by atoms with Gasteiger partial charge in [0, 0.05) is 19.0 Å². The lowest BCUT2D eigenvalue weighted by molar-refractivity contribution is -0.136. The summed E-state index contributed by atoms with van der Waals surface area (Å²) in [5.74, 6) is -0.117. The van der Waals surface area contributed by atoms with E-state index in [1.807, 2.05) is 0 Å². The van der Waals surface area contributed by atoms with Gasteiger partial charge in [0.2, 0.25) is 11.8 Å². The minimum Gasteiger partial charge on any atom is -0.285 e. The summed E-state index contributed by atoms with van der Waals surface area (Å²) in [5, 5.41) is -0.134. The molecule has 0 bridgehead atoms. The number of likely N-dealkylation sites (tertiary alicyclic amines) is 1. The zero-order valence-corrected chi connectivity index (χ0v) is 8.21. The van der Waals surface area contributed by atoms with E-state index in [0.29, 0.717) is 6.42 Å². The van der Waals surface area contributed by atoms with Gasteiger partial charge in [-0.2, -0.15) is 0 Å². The second-order valence-electron chi connectivity index (χ2n) is 2.32. The molecule has 0 aromatic carbocycles. The zero-order chi connectivity index (χ0) is 8.43. The van der Waals surface area contributed by atoms with E-state index in [1.54, 1.807) is 0 Å². The van der Waals surface area contributed by atoms with Crippen molar-refractivity contribution < 1.29 is 9.59 Å². The summed E-state index contributed by atoms with van der Waals surface area (Å²) < 4.78 is 0. The third-order valence-corrected chi connectivity index (χ3v) is 3.18. The van der Waals surface area contributed by atoms with Gasteiger partial charge in [-0.25, -0.2) is 0 Å². The van der Waals surface area contributed by atoms with Crippen molar-refractivity contribution >= 4 is 32.8 Å². The summed E-state index contributed by atoms with van der Waals surface area (Å²) >= 11 is 1.51. The summed E-state index contributed by atoms with van der Waals surface area (Å²) in [4.78, 5) is 23.3. The monoisotopic (exact) mass is 191 g/mol. The summed E-state index contributed by atoms with van der Waals surface area (Å²) in [6, 6.07) is 0. The van der Waals surface area contributed by atoms with E-state index in [1.165, 1.54) is 23.7 Å². The Morgan fingerprint density at radius 1 is 1.73 bits per heavy atom. The van der Waals surface area contributed by atoms with Crippen LogP contribution in [0.25, 0.3) is 0 Å². The number of rotatable bonds is 2. The zero-order valence-electron chi connectivity index (χ0n) is 6.24. The Bertz CT molecular complexity index is 197. The third-order valence-electron chi connectivity index (χ3n) is 1.64. The van der Waals surface area contributed by atoms with Crippen LogP contribution in [-0.4, -0.2) is 34.5 Å². The minimum atomic E-state index is -0.134. The first kappa shape index (κ1) is 9.01. The molecule has 0 saturated carbocycles. The van der Waals surface area contributed by atoms with Crippen LogP contribution in [0.15, 0.2) is 0 Å². The molecule has 3 nitrogen and oxygen atoms in total. The molecule has 1 saturated heterocycles. The molecule has 0 aromatic heterocycles. The number of thioether (sulfide) groups is 1. The average molecular weight is 191 g/mol. The van der Waals surface area contributed by atoms with Gasteiger partial charge < -0.3 is 0 Å². The van der Waals surface area contributed by atoms with Gasteiger partial charge in [-0.1, -0.05) is 0 Å². The molecule has 11 heavy (non-hydrogen) atoms. The van der Waals surface area contributed by atoms with Crippen LogP contribution >= 0.6 is 21.0 Å². The van der Waals surface area contributed by atoms with Crippen molar-refractivity contribution in [1.82, 2.24) is 4.90 Å². The Kier molecular flexibility index (Phi) is 2.90. The highest BCUT2D eigenvalue weighted by atomic mass is 32.2. The second-order valence-corrected chi connectivity index (χ2v) is 4.55. The minimum absolute atomic E-state index is 0.0533. The number of hydrogen-bond acceptors (Lipinski definition) is 3. The maximum atomic E-state index is 11.2. The van der Waals surface area contributed by atoms with Crippen molar-refractivity contribution in [1.29, 1.82) is 0 Å². The Balaban J connectivity index is 2.60. The standard InChI is InChI=1S/C6H10NO2PS/c1-7-5(8)2-4(6(7)9)11-3-10/h4H,2-3,10H2,1H3. The van der Waals surface area contributed by atoms with Gasteiger partial charge in [-0.05, 0) is 0 Å². The largest absolute Gasteiger partial charge is 0.285 e. The van der Waals surface area contributed by atoms with Crippen molar-refractivity contribution in [3.63, 3.8) is 0 Å². The molecule has 0 aromatic rings. The van der Waals surface area contributed by atoms with Crippen molar-refractivity contribution in [3.8, 4) is 0 Å². The number of carbonyl (C=O) groups excluding carboxylic acids is 2. The molecule has 1 fully saturated rings. The molecule has 1 heterocycles. The predicted octanol–water partition coefficient (Wildman–Crippen LogP) is 0.309. The van der Waals surface area contributed by atoms with E-state index in [2.05, 4.69) is 9.24 Å². The van der Waals surface area contributed by atoms with Crippen LogP contribution in [0.3, 0.4) is 0 Å². The maximum absolute atomic E-state index is 11.2. The number of nitrogens with zero attached hydrogens (tertiary/aromatic N) is 1. The van der Waals surface area contributed by atoms with Crippen LogP contribution < -0.4 is 0 Å². The van der Waals surface area contributed by atoms with Crippen LogP contribution in [0.5, 0.6) is 0 Å². The van der Waals surface area contributed by atoms with E-state index in [9.17, 15) is 9.59 Å². The van der Waals surface area contributed by atoms with Crippen molar-refractivity contribution in [2.24, 2.45) is 0 Å². The molecule has 1 aliphatic heterocycles. The predicted molar refractivity (Wildman–Crippen MR) is 48.4 cm³/mol. The summed E-state index contributed by atoms with van der Waals surface area (Å²) in [6.07, 6.45) is 0.369. The van der Waals surface area contributed by atoms with Crippen LogP contribution in [0, 0.1) is 0 Å². The van der Waals surface area contributed by atoms with Crippen LogP contribution in [0.4, 0.5) is 0 Å². The molecular weight excluding hydrogens is 181 g/mol. The maximum Gasteiger partial charge on any atom is 0.242 e. The highest BCUT2D eigenvalue weighted by Gasteiger charge is 2.35. The van der Waals surface area contributed by atoms with Gasteiger partial charge >= 0.3 is 0 Å². The molecule has 1 rings (SSSR count). The molecule has 62 valence electrons. The number of imide groups is 1. The normalized spacial score (nSPS) is 24.9. The van der Waals surface area contributed by atoms with E-state index in [0.717, 1.165) is 5.49 Å². The summed E-state index contributed by atoms with van der Waals surface area (Å²) in [6.45, 7) is 0. The van der Waals surface area contributed by atoms with Gasteiger partial charge in [0.25, 0.3) is 0 Å². The molecule has 0 spiro atoms. The Morgan fingerprint density at radius 3 is 2.73 bits per heavy atom. The van der Waals surface area contributed by atoms with E-state index in [4.69, 9.17) is 0 Å². The SMILES string of the molecule is CN1C(=O)CC(SCP)C1=O. The Hall–Kier alpha value is -0.0800. The van der Waals surface area contributed by atoms with Crippen LogP contribution in [0.2, 0.25) is 0 Å². The molecular formula is C6H10NO2PS. The van der Waals surface area contributed by atoms with E-state index < -0.39 is 0 Å².